The summed E-state index contributed by atoms with van der Waals surface area (Å²) in [4.78, 5) is 10.7. The molecule has 0 radical (unpaired) electrons. The summed E-state index contributed by atoms with van der Waals surface area (Å²) in [6, 6.07) is 0. The zero-order valence-corrected chi connectivity index (χ0v) is 7.97. The van der Waals surface area contributed by atoms with Gasteiger partial charge in [-0.15, -0.1) is 0 Å². The SMILES string of the molecule is C[C@H]1C(=O)O[C@H]1C#CC(C)(C)C. The van der Waals surface area contributed by atoms with Crippen molar-refractivity contribution in [3.63, 3.8) is 0 Å². The van der Waals surface area contributed by atoms with Crippen molar-refractivity contribution in [3.05, 3.63) is 0 Å². The van der Waals surface area contributed by atoms with Crippen LogP contribution in [0, 0.1) is 23.2 Å². The molecule has 12 heavy (non-hydrogen) atoms. The Hall–Kier alpha value is -0.970. The molecule has 0 bridgehead atoms. The van der Waals surface area contributed by atoms with Crippen molar-refractivity contribution in [1.82, 2.24) is 0 Å². The van der Waals surface area contributed by atoms with Gasteiger partial charge in [0.05, 0.1) is 0 Å². The van der Waals surface area contributed by atoms with E-state index in [9.17, 15) is 4.79 Å². The van der Waals surface area contributed by atoms with E-state index in [0.717, 1.165) is 0 Å². The minimum atomic E-state index is -0.170. The molecular weight excluding hydrogens is 152 g/mol. The highest BCUT2D eigenvalue weighted by molar-refractivity contribution is 5.79. The van der Waals surface area contributed by atoms with Gasteiger partial charge in [-0.05, 0) is 27.7 Å². The largest absolute Gasteiger partial charge is 0.448 e. The molecule has 0 aromatic heterocycles. The number of hydrogen-bond acceptors (Lipinski definition) is 2. The van der Waals surface area contributed by atoms with Gasteiger partial charge in [0.25, 0.3) is 0 Å². The molecular formula is C10H14O2. The summed E-state index contributed by atoms with van der Waals surface area (Å²) in [5, 5.41) is 0. The zero-order chi connectivity index (χ0) is 9.35. The second-order valence-corrected chi connectivity index (χ2v) is 4.17. The Balaban J connectivity index is 2.52. The first kappa shape index (κ1) is 9.12. The number of carbonyl (C=O) groups is 1. The van der Waals surface area contributed by atoms with Crippen LogP contribution in [-0.2, 0) is 9.53 Å². The first-order chi connectivity index (χ1) is 5.40. The number of carbonyl (C=O) groups excluding carboxylic acids is 1. The van der Waals surface area contributed by atoms with Crippen LogP contribution in [0.25, 0.3) is 0 Å². The molecule has 0 spiro atoms. The molecule has 1 saturated heterocycles. The van der Waals surface area contributed by atoms with Crippen LogP contribution in [0.15, 0.2) is 0 Å². The van der Waals surface area contributed by atoms with E-state index in [1.165, 1.54) is 0 Å². The van der Waals surface area contributed by atoms with Gasteiger partial charge in [-0.3, -0.25) is 4.79 Å². The molecule has 1 fully saturated rings. The monoisotopic (exact) mass is 166 g/mol. The lowest BCUT2D eigenvalue weighted by atomic mass is 9.94. The van der Waals surface area contributed by atoms with Gasteiger partial charge >= 0.3 is 5.97 Å². The highest BCUT2D eigenvalue weighted by Gasteiger charge is 2.37. The van der Waals surface area contributed by atoms with E-state index < -0.39 is 0 Å². The summed E-state index contributed by atoms with van der Waals surface area (Å²) in [6.07, 6.45) is -0.170. The predicted molar refractivity (Wildman–Crippen MR) is 46.3 cm³/mol. The average Bonchev–Trinajstić information content (AvgIpc) is 1.95. The molecule has 0 aromatic carbocycles. The highest BCUT2D eigenvalue weighted by Crippen LogP contribution is 2.21. The highest BCUT2D eigenvalue weighted by atomic mass is 16.6. The zero-order valence-electron chi connectivity index (χ0n) is 7.97. The standard InChI is InChI=1S/C10H14O2/c1-7-8(12-9(7)11)5-6-10(2,3)4/h7-8H,1-4H3/t7-,8+/m1/s1. The quantitative estimate of drug-likeness (QED) is 0.403. The van der Waals surface area contributed by atoms with E-state index in [1.807, 2.05) is 27.7 Å². The maximum absolute atomic E-state index is 10.7. The molecule has 2 nitrogen and oxygen atoms in total. The molecule has 1 rings (SSSR count). The predicted octanol–water partition coefficient (Wildman–Crippen LogP) is 1.60. The van der Waals surface area contributed by atoms with E-state index in [1.54, 1.807) is 0 Å². The Morgan fingerprint density at radius 1 is 1.42 bits per heavy atom. The lowest BCUT2D eigenvalue weighted by molar-refractivity contribution is -0.175. The normalized spacial score (nSPS) is 28.2. The summed E-state index contributed by atoms with van der Waals surface area (Å²) in [7, 11) is 0. The Morgan fingerprint density at radius 3 is 2.33 bits per heavy atom. The third kappa shape index (κ3) is 2.01. The number of cyclic esters (lactones) is 1. The van der Waals surface area contributed by atoms with E-state index in [-0.39, 0.29) is 23.4 Å². The molecule has 1 aliphatic rings. The summed E-state index contributed by atoms with van der Waals surface area (Å²) in [5.41, 5.74) is -0.0122. The number of ether oxygens (including phenoxy) is 1. The first-order valence-corrected chi connectivity index (χ1v) is 4.13. The minimum absolute atomic E-state index is 0.0122. The van der Waals surface area contributed by atoms with Crippen LogP contribution < -0.4 is 0 Å². The Morgan fingerprint density at radius 2 is 2.00 bits per heavy atom. The van der Waals surface area contributed by atoms with E-state index in [4.69, 9.17) is 4.74 Å². The van der Waals surface area contributed by atoms with Gasteiger partial charge in [0.1, 0.15) is 5.92 Å². The Bertz CT molecular complexity index is 249. The van der Waals surface area contributed by atoms with Crippen molar-refractivity contribution in [2.24, 2.45) is 11.3 Å². The number of hydrogen-bond donors (Lipinski definition) is 0. The van der Waals surface area contributed by atoms with Crippen molar-refractivity contribution >= 4 is 5.97 Å². The summed E-state index contributed by atoms with van der Waals surface area (Å²) in [6.45, 7) is 7.94. The summed E-state index contributed by atoms with van der Waals surface area (Å²) in [5.74, 6) is 5.82. The van der Waals surface area contributed by atoms with Crippen molar-refractivity contribution < 1.29 is 9.53 Å². The second kappa shape index (κ2) is 2.82. The molecule has 0 aromatic rings. The van der Waals surface area contributed by atoms with Crippen LogP contribution in [0.5, 0.6) is 0 Å². The third-order valence-corrected chi connectivity index (χ3v) is 1.66. The lowest BCUT2D eigenvalue weighted by Crippen LogP contribution is -2.42. The minimum Gasteiger partial charge on any atom is -0.448 e. The molecule has 2 heteroatoms. The van der Waals surface area contributed by atoms with Gasteiger partial charge in [0.15, 0.2) is 6.10 Å². The fourth-order valence-electron chi connectivity index (χ4n) is 0.828. The topological polar surface area (TPSA) is 26.3 Å². The molecule has 1 heterocycles. The molecule has 0 unspecified atom stereocenters. The van der Waals surface area contributed by atoms with Crippen LogP contribution in [0.3, 0.4) is 0 Å². The van der Waals surface area contributed by atoms with Gasteiger partial charge in [0, 0.05) is 5.41 Å². The van der Waals surface area contributed by atoms with Crippen LogP contribution >= 0.6 is 0 Å². The van der Waals surface area contributed by atoms with E-state index in [0.29, 0.717) is 0 Å². The fourth-order valence-corrected chi connectivity index (χ4v) is 0.828. The Labute approximate surface area is 73.3 Å². The van der Waals surface area contributed by atoms with Crippen molar-refractivity contribution in [2.45, 2.75) is 33.8 Å². The molecule has 0 amide bonds. The third-order valence-electron chi connectivity index (χ3n) is 1.66. The van der Waals surface area contributed by atoms with Gasteiger partial charge in [-0.1, -0.05) is 11.8 Å². The van der Waals surface area contributed by atoms with Crippen molar-refractivity contribution in [3.8, 4) is 11.8 Å². The molecule has 0 saturated carbocycles. The Kier molecular flexibility index (Phi) is 2.14. The number of esters is 1. The van der Waals surface area contributed by atoms with Gasteiger partial charge in [-0.2, -0.15) is 0 Å². The van der Waals surface area contributed by atoms with Crippen LogP contribution in [-0.4, -0.2) is 12.1 Å². The molecule has 2 atom stereocenters. The molecule has 0 N–H and O–H groups in total. The van der Waals surface area contributed by atoms with Gasteiger partial charge in [-0.25, -0.2) is 0 Å². The van der Waals surface area contributed by atoms with Crippen LogP contribution in [0.1, 0.15) is 27.7 Å². The summed E-state index contributed by atoms with van der Waals surface area (Å²) < 4.78 is 4.83. The maximum Gasteiger partial charge on any atom is 0.314 e. The van der Waals surface area contributed by atoms with E-state index in [2.05, 4.69) is 11.8 Å². The second-order valence-electron chi connectivity index (χ2n) is 4.17. The summed E-state index contributed by atoms with van der Waals surface area (Å²) >= 11 is 0. The average molecular weight is 166 g/mol. The van der Waals surface area contributed by atoms with Crippen molar-refractivity contribution in [1.29, 1.82) is 0 Å². The van der Waals surface area contributed by atoms with Gasteiger partial charge in [0.2, 0.25) is 0 Å². The molecule has 0 aliphatic carbocycles. The smallest absolute Gasteiger partial charge is 0.314 e. The van der Waals surface area contributed by atoms with Crippen molar-refractivity contribution in [2.75, 3.05) is 0 Å². The number of rotatable bonds is 0. The van der Waals surface area contributed by atoms with Crippen LogP contribution in [0.2, 0.25) is 0 Å². The lowest BCUT2D eigenvalue weighted by Gasteiger charge is -2.28. The molecule has 1 aliphatic heterocycles. The van der Waals surface area contributed by atoms with E-state index >= 15 is 0 Å². The van der Waals surface area contributed by atoms with Crippen LogP contribution in [0.4, 0.5) is 0 Å². The van der Waals surface area contributed by atoms with Gasteiger partial charge < -0.3 is 4.74 Å². The molecule has 66 valence electrons. The first-order valence-electron chi connectivity index (χ1n) is 4.13. The fraction of sp³-hybridized carbons (Fsp3) is 0.700. The maximum atomic E-state index is 10.7.